The number of aromatic nitrogens is 1. The van der Waals surface area contributed by atoms with Crippen LogP contribution in [0.15, 0.2) is 24.5 Å². The number of likely N-dealkylation sites (N-methyl/N-ethyl adjacent to an activating group) is 1. The van der Waals surface area contributed by atoms with Crippen molar-refractivity contribution in [1.82, 2.24) is 9.30 Å². The van der Waals surface area contributed by atoms with E-state index in [1.54, 1.807) is 6.07 Å². The molecule has 0 saturated heterocycles. The monoisotopic (exact) mass is 264 g/mol. The lowest BCUT2D eigenvalue weighted by Crippen LogP contribution is -2.29. The molecule has 2 rings (SSSR count). The van der Waals surface area contributed by atoms with Crippen LogP contribution in [-0.2, 0) is 6.42 Å². The summed E-state index contributed by atoms with van der Waals surface area (Å²) in [6, 6.07) is 4.05. The average molecular weight is 264 g/mol. The first-order valence-electron chi connectivity index (χ1n) is 6.57. The maximum absolute atomic E-state index is 14.4. The van der Waals surface area contributed by atoms with Crippen LogP contribution < -0.4 is 4.74 Å². The van der Waals surface area contributed by atoms with E-state index in [0.29, 0.717) is 17.3 Å². The molecule has 0 bridgehead atoms. The van der Waals surface area contributed by atoms with Crippen LogP contribution in [0.5, 0.6) is 5.75 Å². The summed E-state index contributed by atoms with van der Waals surface area (Å²) in [6.45, 7) is 2.15. The van der Waals surface area contributed by atoms with Crippen LogP contribution in [0.1, 0.15) is 18.9 Å². The minimum Gasteiger partial charge on any atom is -0.494 e. The van der Waals surface area contributed by atoms with Gasteiger partial charge in [-0.15, -0.1) is 0 Å². The molecule has 0 spiro atoms. The molecule has 19 heavy (non-hydrogen) atoms. The summed E-state index contributed by atoms with van der Waals surface area (Å²) in [5.74, 6) is 0.0176. The average Bonchev–Trinajstić information content (AvgIpc) is 2.80. The van der Waals surface area contributed by atoms with E-state index in [9.17, 15) is 4.39 Å². The van der Waals surface area contributed by atoms with Gasteiger partial charge in [0.1, 0.15) is 0 Å². The van der Waals surface area contributed by atoms with Gasteiger partial charge in [0.05, 0.1) is 12.6 Å². The van der Waals surface area contributed by atoms with Crippen molar-refractivity contribution in [1.29, 1.82) is 0 Å². The first kappa shape index (κ1) is 13.9. The molecule has 0 saturated carbocycles. The van der Waals surface area contributed by atoms with E-state index in [2.05, 4.69) is 25.9 Å². The Morgan fingerprint density at radius 3 is 2.58 bits per heavy atom. The molecule has 0 radical (unpaired) electrons. The van der Waals surface area contributed by atoms with Crippen molar-refractivity contribution in [3.05, 3.63) is 35.9 Å². The van der Waals surface area contributed by atoms with Gasteiger partial charge in [-0.3, -0.25) is 0 Å². The number of halogens is 1. The molecule has 1 atom stereocenters. The van der Waals surface area contributed by atoms with Crippen molar-refractivity contribution >= 4 is 5.52 Å². The fraction of sp³-hybridized carbons (Fsp3) is 0.467. The van der Waals surface area contributed by atoms with E-state index in [4.69, 9.17) is 4.74 Å². The highest BCUT2D eigenvalue weighted by Gasteiger charge is 2.16. The van der Waals surface area contributed by atoms with Gasteiger partial charge < -0.3 is 14.0 Å². The maximum atomic E-state index is 14.4. The third-order valence-electron chi connectivity index (χ3n) is 3.69. The second-order valence-electron chi connectivity index (χ2n) is 5.02. The lowest BCUT2D eigenvalue weighted by atomic mass is 10.0. The van der Waals surface area contributed by atoms with Crippen LogP contribution in [0, 0.1) is 5.82 Å². The molecule has 3 nitrogen and oxygen atoms in total. The fourth-order valence-corrected chi connectivity index (χ4v) is 2.47. The van der Waals surface area contributed by atoms with Crippen LogP contribution in [0.4, 0.5) is 4.39 Å². The Morgan fingerprint density at radius 1 is 1.32 bits per heavy atom. The van der Waals surface area contributed by atoms with E-state index < -0.39 is 0 Å². The first-order valence-corrected chi connectivity index (χ1v) is 6.57. The Kier molecular flexibility index (Phi) is 4.10. The van der Waals surface area contributed by atoms with Crippen molar-refractivity contribution in [2.24, 2.45) is 0 Å². The Balaban J connectivity index is 2.44. The van der Waals surface area contributed by atoms with Gasteiger partial charge in [-0.05, 0) is 44.6 Å². The van der Waals surface area contributed by atoms with E-state index >= 15 is 0 Å². The van der Waals surface area contributed by atoms with Crippen molar-refractivity contribution < 1.29 is 9.13 Å². The highest BCUT2D eigenvalue weighted by molar-refractivity contribution is 5.60. The molecule has 0 N–H and O–H groups in total. The van der Waals surface area contributed by atoms with Crippen LogP contribution in [-0.4, -0.2) is 36.5 Å². The summed E-state index contributed by atoms with van der Waals surface area (Å²) in [4.78, 5) is 2.18. The van der Waals surface area contributed by atoms with Crippen LogP contribution in [0.2, 0.25) is 0 Å². The minimum absolute atomic E-state index is 0.279. The van der Waals surface area contributed by atoms with Gasteiger partial charge in [0.15, 0.2) is 11.6 Å². The molecular weight excluding hydrogens is 243 g/mol. The summed E-state index contributed by atoms with van der Waals surface area (Å²) in [5, 5.41) is 0. The predicted molar refractivity (Wildman–Crippen MR) is 75.4 cm³/mol. The van der Waals surface area contributed by atoms with Gasteiger partial charge in [0, 0.05) is 18.4 Å². The summed E-state index contributed by atoms with van der Waals surface area (Å²) in [6.07, 6.45) is 5.60. The van der Waals surface area contributed by atoms with Gasteiger partial charge >= 0.3 is 0 Å². The lowest BCUT2D eigenvalue weighted by molar-refractivity contribution is 0.284. The minimum atomic E-state index is -0.279. The second kappa shape index (κ2) is 5.61. The number of hydrogen-bond donors (Lipinski definition) is 0. The van der Waals surface area contributed by atoms with Gasteiger partial charge in [0.25, 0.3) is 0 Å². The van der Waals surface area contributed by atoms with E-state index in [0.717, 1.165) is 18.4 Å². The van der Waals surface area contributed by atoms with Gasteiger partial charge in [-0.25, -0.2) is 4.39 Å². The third kappa shape index (κ3) is 2.59. The molecule has 0 aromatic carbocycles. The number of nitrogens with zero attached hydrogens (tertiary/aromatic N) is 2. The Morgan fingerprint density at radius 2 is 2.00 bits per heavy atom. The standard InChI is InChI=1S/C15H21FN2O/c1-5-12(17(2)3)10-11-6-8-18-9-7-13(19-4)14(16)15(11)18/h6-9,12H,5,10H2,1-4H3. The van der Waals surface area contributed by atoms with Crippen LogP contribution >= 0.6 is 0 Å². The second-order valence-corrected chi connectivity index (χ2v) is 5.02. The number of pyridine rings is 1. The van der Waals surface area contributed by atoms with Crippen molar-refractivity contribution in [3.8, 4) is 5.75 Å². The first-order chi connectivity index (χ1) is 9.08. The van der Waals surface area contributed by atoms with Crippen LogP contribution in [0.3, 0.4) is 0 Å². The smallest absolute Gasteiger partial charge is 0.189 e. The molecule has 0 fully saturated rings. The van der Waals surface area contributed by atoms with Crippen molar-refractivity contribution in [2.75, 3.05) is 21.2 Å². The molecule has 2 aromatic rings. The molecule has 104 valence electrons. The summed E-state index contributed by atoms with van der Waals surface area (Å²) >= 11 is 0. The molecule has 1 unspecified atom stereocenters. The molecule has 2 heterocycles. The van der Waals surface area contributed by atoms with E-state index in [-0.39, 0.29) is 5.82 Å². The molecule has 2 aromatic heterocycles. The van der Waals surface area contributed by atoms with E-state index in [1.807, 2.05) is 22.9 Å². The Hall–Kier alpha value is -1.55. The topological polar surface area (TPSA) is 16.9 Å². The number of ether oxygens (including phenoxy) is 1. The normalized spacial score (nSPS) is 13.2. The summed E-state index contributed by atoms with van der Waals surface area (Å²) in [5.41, 5.74) is 1.65. The highest BCUT2D eigenvalue weighted by Crippen LogP contribution is 2.26. The number of hydrogen-bond acceptors (Lipinski definition) is 2. The summed E-state index contributed by atoms with van der Waals surface area (Å²) in [7, 11) is 5.61. The number of rotatable bonds is 5. The lowest BCUT2D eigenvalue weighted by Gasteiger charge is -2.22. The zero-order valence-electron chi connectivity index (χ0n) is 12.0. The van der Waals surface area contributed by atoms with Crippen molar-refractivity contribution in [2.45, 2.75) is 25.8 Å². The quantitative estimate of drug-likeness (QED) is 0.825. The van der Waals surface area contributed by atoms with E-state index in [1.165, 1.54) is 7.11 Å². The SMILES string of the molecule is CCC(Cc1ccn2ccc(OC)c(F)c12)N(C)C. The molecule has 0 aliphatic heterocycles. The molecule has 0 aliphatic carbocycles. The molecular formula is C15H21FN2O. The zero-order chi connectivity index (χ0) is 14.0. The highest BCUT2D eigenvalue weighted by atomic mass is 19.1. The van der Waals surface area contributed by atoms with Crippen molar-refractivity contribution in [3.63, 3.8) is 0 Å². The largest absolute Gasteiger partial charge is 0.494 e. The summed E-state index contributed by atoms with van der Waals surface area (Å²) < 4.78 is 21.2. The van der Waals surface area contributed by atoms with Crippen LogP contribution in [0.25, 0.3) is 5.52 Å². The molecule has 4 heteroatoms. The fourth-order valence-electron chi connectivity index (χ4n) is 2.47. The predicted octanol–water partition coefficient (Wildman–Crippen LogP) is 2.97. The zero-order valence-corrected chi connectivity index (χ0v) is 12.0. The third-order valence-corrected chi connectivity index (χ3v) is 3.69. The molecule has 0 aliphatic rings. The molecule has 0 amide bonds. The Labute approximate surface area is 113 Å². The maximum Gasteiger partial charge on any atom is 0.189 e. The van der Waals surface area contributed by atoms with Gasteiger partial charge in [-0.2, -0.15) is 0 Å². The number of methoxy groups -OCH3 is 1. The van der Waals surface area contributed by atoms with Gasteiger partial charge in [-0.1, -0.05) is 6.92 Å². The van der Waals surface area contributed by atoms with Gasteiger partial charge in [0.2, 0.25) is 0 Å². The number of fused-ring (bicyclic) bond motifs is 1. The Bertz CT molecular complexity index is 563.